The average Bonchev–Trinajstić information content (AvgIpc) is 2.52. The van der Waals surface area contributed by atoms with Crippen molar-refractivity contribution in [2.45, 2.75) is 13.0 Å². The minimum atomic E-state index is -0.609. The number of imidazole rings is 1. The molecule has 5 nitrogen and oxygen atoms in total. The first-order chi connectivity index (χ1) is 7.11. The molecule has 0 aromatic carbocycles. The minimum Gasteiger partial charge on any atom is -0.321 e. The largest absolute Gasteiger partial charge is 0.321 e. The van der Waals surface area contributed by atoms with Gasteiger partial charge in [-0.05, 0) is 13.0 Å². The zero-order chi connectivity index (χ0) is 11.0. The summed E-state index contributed by atoms with van der Waals surface area (Å²) in [5.41, 5.74) is 5.80. The van der Waals surface area contributed by atoms with Gasteiger partial charge in [0.1, 0.15) is 5.69 Å². The molecule has 1 unspecified atom stereocenters. The van der Waals surface area contributed by atoms with E-state index in [2.05, 4.69) is 9.97 Å². The molecule has 1 atom stereocenters. The van der Waals surface area contributed by atoms with Gasteiger partial charge < -0.3 is 5.73 Å². The minimum absolute atomic E-state index is 0.135. The van der Waals surface area contributed by atoms with Gasteiger partial charge in [-0.25, -0.2) is 4.98 Å². The number of hydrogen-bond donors (Lipinski definition) is 1. The zero-order valence-electron chi connectivity index (χ0n) is 8.01. The summed E-state index contributed by atoms with van der Waals surface area (Å²) in [6.07, 6.45) is 3.26. The summed E-state index contributed by atoms with van der Waals surface area (Å²) in [5.74, 6) is 0.145. The highest BCUT2D eigenvalue weighted by atomic mass is 35.5. The fraction of sp³-hybridized carbons (Fsp3) is 0.222. The van der Waals surface area contributed by atoms with Gasteiger partial charge in [0.15, 0.2) is 10.9 Å². The molecule has 2 N–H and O–H groups in total. The van der Waals surface area contributed by atoms with Crippen LogP contribution in [0.5, 0.6) is 0 Å². The van der Waals surface area contributed by atoms with Gasteiger partial charge in [-0.2, -0.15) is 4.98 Å². The SMILES string of the molecule is CC(N)C(=O)c1c(Cl)nc2ncccn12. The third-order valence-electron chi connectivity index (χ3n) is 2.01. The van der Waals surface area contributed by atoms with Crippen LogP contribution in [0.15, 0.2) is 18.5 Å². The number of carbonyl (C=O) groups is 1. The molecule has 0 fully saturated rings. The number of Topliss-reactive ketones (excluding diaryl/α,β-unsaturated/α-hetero) is 1. The Morgan fingerprint density at radius 1 is 1.67 bits per heavy atom. The highest BCUT2D eigenvalue weighted by molar-refractivity contribution is 6.33. The number of rotatable bonds is 2. The fourth-order valence-corrected chi connectivity index (χ4v) is 1.56. The van der Waals surface area contributed by atoms with Gasteiger partial charge in [-0.1, -0.05) is 11.6 Å². The molecular weight excluding hydrogens is 216 g/mol. The number of fused-ring (bicyclic) bond motifs is 1. The summed E-state index contributed by atoms with van der Waals surface area (Å²) in [6.45, 7) is 1.61. The van der Waals surface area contributed by atoms with Gasteiger partial charge >= 0.3 is 0 Å². The van der Waals surface area contributed by atoms with Crippen molar-refractivity contribution in [2.75, 3.05) is 0 Å². The third kappa shape index (κ3) is 1.60. The number of carbonyl (C=O) groups excluding carboxylic acids is 1. The van der Waals surface area contributed by atoms with E-state index in [0.717, 1.165) is 0 Å². The van der Waals surface area contributed by atoms with E-state index in [1.54, 1.807) is 25.4 Å². The number of hydrogen-bond acceptors (Lipinski definition) is 4. The monoisotopic (exact) mass is 224 g/mol. The molecule has 0 aliphatic carbocycles. The van der Waals surface area contributed by atoms with Crippen LogP contribution in [0.3, 0.4) is 0 Å². The van der Waals surface area contributed by atoms with Crippen molar-refractivity contribution >= 4 is 23.2 Å². The van der Waals surface area contributed by atoms with Crippen molar-refractivity contribution in [3.05, 3.63) is 29.3 Å². The van der Waals surface area contributed by atoms with E-state index >= 15 is 0 Å². The van der Waals surface area contributed by atoms with Gasteiger partial charge in [0.25, 0.3) is 0 Å². The van der Waals surface area contributed by atoms with Crippen LogP contribution in [-0.2, 0) is 0 Å². The Kier molecular flexibility index (Phi) is 2.42. The Morgan fingerprint density at radius 3 is 3.07 bits per heavy atom. The van der Waals surface area contributed by atoms with Gasteiger partial charge in [0.2, 0.25) is 5.78 Å². The Balaban J connectivity index is 2.69. The van der Waals surface area contributed by atoms with Crippen LogP contribution in [0.4, 0.5) is 0 Å². The van der Waals surface area contributed by atoms with Crippen molar-refractivity contribution in [1.29, 1.82) is 0 Å². The number of ketones is 1. The predicted octanol–water partition coefficient (Wildman–Crippen LogP) is 0.913. The molecule has 0 amide bonds. The molecule has 2 rings (SSSR count). The van der Waals surface area contributed by atoms with E-state index < -0.39 is 6.04 Å². The summed E-state index contributed by atoms with van der Waals surface area (Å²) in [7, 11) is 0. The Morgan fingerprint density at radius 2 is 2.40 bits per heavy atom. The third-order valence-corrected chi connectivity index (χ3v) is 2.27. The molecule has 2 heterocycles. The number of halogens is 1. The van der Waals surface area contributed by atoms with Crippen molar-refractivity contribution < 1.29 is 4.79 Å². The van der Waals surface area contributed by atoms with Crippen LogP contribution in [-0.4, -0.2) is 26.2 Å². The first kappa shape index (κ1) is 10.1. The summed E-state index contributed by atoms with van der Waals surface area (Å²) >= 11 is 5.86. The van der Waals surface area contributed by atoms with Gasteiger partial charge in [0, 0.05) is 12.4 Å². The molecule has 0 aliphatic rings. The molecule has 78 valence electrons. The molecule has 0 spiro atoms. The first-order valence-corrected chi connectivity index (χ1v) is 4.77. The summed E-state index contributed by atoms with van der Waals surface area (Å²) in [4.78, 5) is 19.7. The van der Waals surface area contributed by atoms with Crippen molar-refractivity contribution in [2.24, 2.45) is 5.73 Å². The fourth-order valence-electron chi connectivity index (χ4n) is 1.30. The highest BCUT2D eigenvalue weighted by Crippen LogP contribution is 2.17. The number of nitrogens with zero attached hydrogens (tertiary/aromatic N) is 3. The normalized spacial score (nSPS) is 13.0. The predicted molar refractivity (Wildman–Crippen MR) is 56.0 cm³/mol. The molecule has 0 saturated heterocycles. The van der Waals surface area contributed by atoms with Crippen LogP contribution in [0.1, 0.15) is 17.4 Å². The molecule has 15 heavy (non-hydrogen) atoms. The maximum Gasteiger partial charge on any atom is 0.235 e. The Bertz CT molecular complexity index is 520. The standard InChI is InChI=1S/C9H9ClN4O/c1-5(11)7(15)6-8(10)13-9-12-3-2-4-14(6)9/h2-5H,11H2,1H3. The topological polar surface area (TPSA) is 73.3 Å². The molecular formula is C9H9ClN4O. The lowest BCUT2D eigenvalue weighted by atomic mass is 10.2. The lowest BCUT2D eigenvalue weighted by Gasteiger charge is -2.03. The lowest BCUT2D eigenvalue weighted by Crippen LogP contribution is -2.27. The molecule has 6 heteroatoms. The van der Waals surface area contributed by atoms with Gasteiger partial charge in [0.05, 0.1) is 6.04 Å². The second-order valence-corrected chi connectivity index (χ2v) is 3.55. The molecule has 2 aromatic rings. The van der Waals surface area contributed by atoms with Gasteiger partial charge in [-0.15, -0.1) is 0 Å². The van der Waals surface area contributed by atoms with Crippen LogP contribution >= 0.6 is 11.6 Å². The van der Waals surface area contributed by atoms with E-state index in [1.165, 1.54) is 4.40 Å². The highest BCUT2D eigenvalue weighted by Gasteiger charge is 2.20. The van der Waals surface area contributed by atoms with E-state index in [0.29, 0.717) is 5.78 Å². The second kappa shape index (κ2) is 3.60. The summed E-state index contributed by atoms with van der Waals surface area (Å²) in [6, 6.07) is 1.09. The lowest BCUT2D eigenvalue weighted by molar-refractivity contribution is 0.0962. The Labute approximate surface area is 90.9 Å². The number of nitrogens with two attached hydrogens (primary N) is 1. The van der Waals surface area contributed by atoms with Crippen LogP contribution < -0.4 is 5.73 Å². The van der Waals surface area contributed by atoms with Crippen LogP contribution in [0, 0.1) is 0 Å². The smallest absolute Gasteiger partial charge is 0.235 e. The summed E-state index contributed by atoms with van der Waals surface area (Å²) in [5, 5.41) is 0.135. The van der Waals surface area contributed by atoms with E-state index in [9.17, 15) is 4.79 Å². The van der Waals surface area contributed by atoms with Crippen LogP contribution in [0.25, 0.3) is 5.78 Å². The van der Waals surface area contributed by atoms with Crippen molar-refractivity contribution in [1.82, 2.24) is 14.4 Å². The molecule has 0 aliphatic heterocycles. The van der Waals surface area contributed by atoms with E-state index in [-0.39, 0.29) is 16.6 Å². The molecule has 0 radical (unpaired) electrons. The summed E-state index contributed by atoms with van der Waals surface area (Å²) < 4.78 is 1.54. The van der Waals surface area contributed by atoms with Crippen LogP contribution in [0.2, 0.25) is 5.15 Å². The molecule has 0 bridgehead atoms. The second-order valence-electron chi connectivity index (χ2n) is 3.19. The van der Waals surface area contributed by atoms with Crippen molar-refractivity contribution in [3.63, 3.8) is 0 Å². The average molecular weight is 225 g/mol. The number of aromatic nitrogens is 3. The Hall–Kier alpha value is -1.46. The van der Waals surface area contributed by atoms with Crippen molar-refractivity contribution in [3.8, 4) is 0 Å². The van der Waals surface area contributed by atoms with Gasteiger partial charge in [-0.3, -0.25) is 9.20 Å². The first-order valence-electron chi connectivity index (χ1n) is 4.39. The molecule has 2 aromatic heterocycles. The quantitative estimate of drug-likeness (QED) is 0.770. The molecule has 0 saturated carbocycles. The van der Waals surface area contributed by atoms with E-state index in [1.807, 2.05) is 0 Å². The zero-order valence-corrected chi connectivity index (χ0v) is 8.77. The maximum absolute atomic E-state index is 11.7. The van der Waals surface area contributed by atoms with E-state index in [4.69, 9.17) is 17.3 Å². The maximum atomic E-state index is 11.7.